The van der Waals surface area contributed by atoms with Crippen molar-refractivity contribution >= 4 is 27.7 Å². The van der Waals surface area contributed by atoms with Gasteiger partial charge in [0.1, 0.15) is 11.9 Å². The third-order valence-corrected chi connectivity index (χ3v) is 2.82. The Bertz CT molecular complexity index is 456. The highest BCUT2D eigenvalue weighted by Gasteiger charge is 2.29. The van der Waals surface area contributed by atoms with Crippen molar-refractivity contribution < 1.29 is 4.79 Å². The van der Waals surface area contributed by atoms with E-state index in [9.17, 15) is 4.79 Å². The number of carbonyl (C=O) groups is 1. The fourth-order valence-corrected chi connectivity index (χ4v) is 1.93. The Kier molecular flexibility index (Phi) is 3.05. The summed E-state index contributed by atoms with van der Waals surface area (Å²) >= 11 is 3.34. The van der Waals surface area contributed by atoms with Gasteiger partial charge in [-0.15, -0.1) is 0 Å². The molecule has 1 aliphatic rings. The average molecular weight is 282 g/mol. The maximum atomic E-state index is 11.6. The standard InChI is InChI=1S/C11H12BrN3O/c1-6(2)9-11(16)15-10(14-9)7-3-8(12)5-13-4-7/h3-6,9H,1-2H3,(H,14,15,16). The molecule has 1 aromatic heterocycles. The molecular weight excluding hydrogens is 270 g/mol. The van der Waals surface area contributed by atoms with Crippen LogP contribution >= 0.6 is 15.9 Å². The summed E-state index contributed by atoms with van der Waals surface area (Å²) in [5.74, 6) is 0.778. The van der Waals surface area contributed by atoms with Crippen molar-refractivity contribution in [3.63, 3.8) is 0 Å². The SMILES string of the molecule is CC(C)C1N=C(c2cncc(Br)c2)NC1=O. The number of amidine groups is 1. The topological polar surface area (TPSA) is 54.4 Å². The van der Waals surface area contributed by atoms with Gasteiger partial charge in [-0.3, -0.25) is 14.8 Å². The van der Waals surface area contributed by atoms with Crippen LogP contribution in [0.1, 0.15) is 19.4 Å². The van der Waals surface area contributed by atoms with E-state index in [1.807, 2.05) is 19.9 Å². The maximum Gasteiger partial charge on any atom is 0.250 e. The molecule has 16 heavy (non-hydrogen) atoms. The van der Waals surface area contributed by atoms with Crippen LogP contribution in [0, 0.1) is 5.92 Å². The first-order chi connectivity index (χ1) is 7.58. The van der Waals surface area contributed by atoms with Crippen LogP contribution in [0.15, 0.2) is 27.9 Å². The van der Waals surface area contributed by atoms with Crippen LogP contribution in [0.5, 0.6) is 0 Å². The lowest BCUT2D eigenvalue weighted by atomic mass is 10.1. The van der Waals surface area contributed by atoms with E-state index < -0.39 is 0 Å². The van der Waals surface area contributed by atoms with E-state index in [1.54, 1.807) is 12.4 Å². The molecule has 2 rings (SSSR count). The summed E-state index contributed by atoms with van der Waals surface area (Å²) in [4.78, 5) is 20.0. The summed E-state index contributed by atoms with van der Waals surface area (Å²) < 4.78 is 0.870. The summed E-state index contributed by atoms with van der Waals surface area (Å²) in [7, 11) is 0. The molecule has 1 unspecified atom stereocenters. The van der Waals surface area contributed by atoms with Crippen molar-refractivity contribution in [1.82, 2.24) is 10.3 Å². The molecule has 2 heterocycles. The van der Waals surface area contributed by atoms with E-state index in [2.05, 4.69) is 31.2 Å². The van der Waals surface area contributed by atoms with Crippen molar-refractivity contribution in [1.29, 1.82) is 0 Å². The summed E-state index contributed by atoms with van der Waals surface area (Å²) in [6.07, 6.45) is 3.38. The number of hydrogen-bond acceptors (Lipinski definition) is 3. The molecule has 1 aliphatic heterocycles. The lowest BCUT2D eigenvalue weighted by Crippen LogP contribution is -2.31. The number of halogens is 1. The van der Waals surface area contributed by atoms with E-state index in [4.69, 9.17) is 0 Å². The zero-order valence-corrected chi connectivity index (χ0v) is 10.7. The molecule has 1 N–H and O–H groups in total. The predicted molar refractivity (Wildman–Crippen MR) is 65.2 cm³/mol. The van der Waals surface area contributed by atoms with Crippen molar-refractivity contribution in [3.8, 4) is 0 Å². The Hall–Kier alpha value is -1.23. The molecule has 0 saturated carbocycles. The lowest BCUT2D eigenvalue weighted by molar-refractivity contribution is -0.120. The predicted octanol–water partition coefficient (Wildman–Crippen LogP) is 1.75. The van der Waals surface area contributed by atoms with Gasteiger partial charge in [0.25, 0.3) is 5.91 Å². The van der Waals surface area contributed by atoms with Crippen molar-refractivity contribution in [2.24, 2.45) is 10.9 Å². The Morgan fingerprint density at radius 3 is 2.75 bits per heavy atom. The van der Waals surface area contributed by atoms with Gasteiger partial charge in [-0.25, -0.2) is 0 Å². The van der Waals surface area contributed by atoms with Crippen molar-refractivity contribution in [3.05, 3.63) is 28.5 Å². The first-order valence-electron chi connectivity index (χ1n) is 5.07. The molecule has 4 nitrogen and oxygen atoms in total. The number of carbonyl (C=O) groups excluding carboxylic acids is 1. The second kappa shape index (κ2) is 4.33. The van der Waals surface area contributed by atoms with Gasteiger partial charge in [-0.05, 0) is 27.9 Å². The molecule has 0 aromatic carbocycles. The van der Waals surface area contributed by atoms with Gasteiger partial charge in [0, 0.05) is 22.4 Å². The highest BCUT2D eigenvalue weighted by Crippen LogP contribution is 2.16. The van der Waals surface area contributed by atoms with Crippen LogP contribution in [-0.4, -0.2) is 22.8 Å². The Morgan fingerprint density at radius 2 is 2.19 bits per heavy atom. The van der Waals surface area contributed by atoms with Gasteiger partial charge >= 0.3 is 0 Å². The molecule has 0 fully saturated rings. The third-order valence-electron chi connectivity index (χ3n) is 2.39. The quantitative estimate of drug-likeness (QED) is 0.898. The van der Waals surface area contributed by atoms with Gasteiger partial charge in [0.2, 0.25) is 0 Å². The normalized spacial score (nSPS) is 19.9. The Balaban J connectivity index is 2.30. The van der Waals surface area contributed by atoms with Gasteiger partial charge in [-0.2, -0.15) is 0 Å². The molecule has 0 radical (unpaired) electrons. The molecule has 0 spiro atoms. The van der Waals surface area contributed by atoms with Crippen LogP contribution in [-0.2, 0) is 4.79 Å². The second-order valence-corrected chi connectivity index (χ2v) is 4.96. The molecule has 1 atom stereocenters. The van der Waals surface area contributed by atoms with Gasteiger partial charge in [-0.1, -0.05) is 13.8 Å². The number of aromatic nitrogens is 1. The van der Waals surface area contributed by atoms with Crippen LogP contribution in [0.25, 0.3) is 0 Å². The van der Waals surface area contributed by atoms with E-state index in [0.717, 1.165) is 10.0 Å². The molecule has 1 aromatic rings. The molecule has 1 amide bonds. The van der Waals surface area contributed by atoms with Crippen molar-refractivity contribution in [2.75, 3.05) is 0 Å². The van der Waals surface area contributed by atoms with E-state index in [0.29, 0.717) is 5.84 Å². The molecule has 0 saturated heterocycles. The van der Waals surface area contributed by atoms with Crippen molar-refractivity contribution in [2.45, 2.75) is 19.9 Å². The van der Waals surface area contributed by atoms with E-state index in [1.165, 1.54) is 0 Å². The molecule has 0 bridgehead atoms. The lowest BCUT2D eigenvalue weighted by Gasteiger charge is -2.06. The zero-order valence-electron chi connectivity index (χ0n) is 9.07. The van der Waals surface area contributed by atoms with Gasteiger partial charge < -0.3 is 5.32 Å². The molecule has 5 heteroatoms. The van der Waals surface area contributed by atoms with Gasteiger partial charge in [0.15, 0.2) is 0 Å². The smallest absolute Gasteiger partial charge is 0.250 e. The number of nitrogens with one attached hydrogen (secondary N) is 1. The number of nitrogens with zero attached hydrogens (tertiary/aromatic N) is 2. The van der Waals surface area contributed by atoms with Crippen LogP contribution in [0.4, 0.5) is 0 Å². The van der Waals surface area contributed by atoms with Crippen LogP contribution < -0.4 is 5.32 Å². The van der Waals surface area contributed by atoms with E-state index in [-0.39, 0.29) is 17.9 Å². The highest BCUT2D eigenvalue weighted by atomic mass is 79.9. The number of pyridine rings is 1. The maximum absolute atomic E-state index is 11.6. The highest BCUT2D eigenvalue weighted by molar-refractivity contribution is 9.10. The molecule has 0 aliphatic carbocycles. The fraction of sp³-hybridized carbons (Fsp3) is 0.364. The molecular formula is C11H12BrN3O. The fourth-order valence-electron chi connectivity index (χ4n) is 1.56. The minimum Gasteiger partial charge on any atom is -0.309 e. The summed E-state index contributed by atoms with van der Waals surface area (Å²) in [6, 6.07) is 1.60. The third kappa shape index (κ3) is 2.14. The second-order valence-electron chi connectivity index (χ2n) is 4.05. The Morgan fingerprint density at radius 1 is 1.44 bits per heavy atom. The minimum atomic E-state index is -0.283. The first-order valence-corrected chi connectivity index (χ1v) is 5.87. The Labute approximate surface area is 102 Å². The minimum absolute atomic E-state index is 0.0371. The molecule has 84 valence electrons. The number of amides is 1. The van der Waals surface area contributed by atoms with Gasteiger partial charge in [0.05, 0.1) is 0 Å². The summed E-state index contributed by atoms with van der Waals surface area (Å²) in [5.41, 5.74) is 0.825. The number of aliphatic imine (C=N–C) groups is 1. The average Bonchev–Trinajstić information content (AvgIpc) is 2.60. The largest absolute Gasteiger partial charge is 0.309 e. The first kappa shape index (κ1) is 11.3. The number of hydrogen-bond donors (Lipinski definition) is 1. The zero-order chi connectivity index (χ0) is 11.7. The monoisotopic (exact) mass is 281 g/mol. The number of rotatable bonds is 2. The van der Waals surface area contributed by atoms with Crippen LogP contribution in [0.2, 0.25) is 0 Å². The summed E-state index contributed by atoms with van der Waals surface area (Å²) in [6.45, 7) is 3.96. The van der Waals surface area contributed by atoms with Crippen LogP contribution in [0.3, 0.4) is 0 Å². The summed E-state index contributed by atoms with van der Waals surface area (Å²) in [5, 5.41) is 2.78. The van der Waals surface area contributed by atoms with E-state index >= 15 is 0 Å².